The monoisotopic (exact) mass is 532 g/mol. The molecule has 36 heavy (non-hydrogen) atoms. The Bertz CT molecular complexity index is 1360. The highest BCUT2D eigenvalue weighted by atomic mass is 35.5. The second kappa shape index (κ2) is 11.5. The van der Waals surface area contributed by atoms with Crippen molar-refractivity contribution in [3.8, 4) is 5.75 Å². The Hall–Kier alpha value is -3.43. The van der Waals surface area contributed by atoms with Crippen LogP contribution in [0.15, 0.2) is 71.6 Å². The van der Waals surface area contributed by atoms with E-state index >= 15 is 0 Å². The molecule has 3 aromatic rings. The first-order valence-electron chi connectivity index (χ1n) is 11.2. The molecule has 190 valence electrons. The van der Waals surface area contributed by atoms with Crippen molar-refractivity contribution in [2.45, 2.75) is 44.7 Å². The molecule has 0 bridgehead atoms. The maximum Gasteiger partial charge on any atom is 0.339 e. The van der Waals surface area contributed by atoms with Gasteiger partial charge < -0.3 is 14.4 Å². The van der Waals surface area contributed by atoms with E-state index in [1.54, 1.807) is 6.07 Å². The minimum absolute atomic E-state index is 0.0139. The van der Waals surface area contributed by atoms with E-state index < -0.39 is 21.8 Å². The van der Waals surface area contributed by atoms with E-state index in [4.69, 9.17) is 15.8 Å². The third-order valence-electron chi connectivity index (χ3n) is 5.51. The van der Waals surface area contributed by atoms with E-state index in [0.29, 0.717) is 22.7 Å². The Labute approximate surface area is 215 Å². The molecule has 0 saturated carbocycles. The van der Waals surface area contributed by atoms with Gasteiger partial charge in [0, 0.05) is 29.2 Å². The van der Waals surface area contributed by atoms with Crippen LogP contribution >= 0.6 is 11.6 Å². The lowest BCUT2D eigenvalue weighted by atomic mass is 10.1. The van der Waals surface area contributed by atoms with Gasteiger partial charge in [-0.25, -0.2) is 4.39 Å². The number of carbonyl (C=O) groups excluding carboxylic acids is 2. The Morgan fingerprint density at radius 2 is 1.75 bits per heavy atom. The first kappa shape index (κ1) is 27.2. The molecule has 3 rings (SSSR count). The number of hydrogen-bond acceptors (Lipinski definition) is 5. The summed E-state index contributed by atoms with van der Waals surface area (Å²) in [6, 6.07) is 15.3. The molecule has 10 heteroatoms. The molecule has 7 nitrogen and oxygen atoms in total. The van der Waals surface area contributed by atoms with Crippen LogP contribution in [0.2, 0.25) is 5.02 Å². The lowest BCUT2D eigenvalue weighted by Crippen LogP contribution is -2.38. The van der Waals surface area contributed by atoms with E-state index in [2.05, 4.69) is 5.32 Å². The van der Waals surface area contributed by atoms with Crippen molar-refractivity contribution in [2.24, 2.45) is 0 Å². The summed E-state index contributed by atoms with van der Waals surface area (Å²) in [5.74, 6) is -1.49. The van der Waals surface area contributed by atoms with Crippen molar-refractivity contribution in [1.29, 1.82) is 0 Å². The van der Waals surface area contributed by atoms with Gasteiger partial charge in [0.2, 0.25) is 5.91 Å². The quantitative estimate of drug-likeness (QED) is 0.360. The predicted octanol–water partition coefficient (Wildman–Crippen LogP) is 5.65. The molecule has 0 spiro atoms. The summed E-state index contributed by atoms with van der Waals surface area (Å²) in [5, 5.41) is 2.88. The van der Waals surface area contributed by atoms with Crippen LogP contribution < -0.4 is 9.50 Å². The van der Waals surface area contributed by atoms with Gasteiger partial charge in [-0.05, 0) is 67.9 Å². The van der Waals surface area contributed by atoms with E-state index in [1.807, 2.05) is 13.8 Å². The number of halogens is 2. The van der Waals surface area contributed by atoms with Crippen molar-refractivity contribution in [3.63, 3.8) is 0 Å². The number of nitrogens with one attached hydrogen (secondary N) is 1. The Balaban J connectivity index is 1.93. The molecule has 0 aromatic heterocycles. The normalized spacial score (nSPS) is 12.0. The van der Waals surface area contributed by atoms with Crippen molar-refractivity contribution in [1.82, 2.24) is 4.90 Å². The van der Waals surface area contributed by atoms with Crippen LogP contribution in [0.25, 0.3) is 0 Å². The van der Waals surface area contributed by atoms with Gasteiger partial charge in [-0.15, -0.1) is 0 Å². The molecule has 1 N–H and O–H groups in total. The zero-order valence-corrected chi connectivity index (χ0v) is 21.6. The summed E-state index contributed by atoms with van der Waals surface area (Å²) < 4.78 is 45.7. The Morgan fingerprint density at radius 3 is 2.36 bits per heavy atom. The van der Waals surface area contributed by atoms with Crippen molar-refractivity contribution in [2.75, 3.05) is 5.32 Å². The first-order chi connectivity index (χ1) is 17.0. The lowest BCUT2D eigenvalue weighted by Gasteiger charge is -2.29. The average Bonchev–Trinajstić information content (AvgIpc) is 2.83. The summed E-state index contributed by atoms with van der Waals surface area (Å²) in [5.41, 5.74) is 0.685. The third kappa shape index (κ3) is 6.61. The summed E-state index contributed by atoms with van der Waals surface area (Å²) in [4.78, 5) is 25.8. The highest BCUT2D eigenvalue weighted by molar-refractivity contribution is 7.87. The van der Waals surface area contributed by atoms with Crippen molar-refractivity contribution >= 4 is 39.2 Å². The number of nitrogens with zero attached hydrogens (tertiary/aromatic N) is 1. The molecular formula is C26H26ClFN2O5S. The second-order valence-electron chi connectivity index (χ2n) is 8.17. The Kier molecular flexibility index (Phi) is 8.70. The van der Waals surface area contributed by atoms with Crippen molar-refractivity contribution < 1.29 is 26.6 Å². The fourth-order valence-corrected chi connectivity index (χ4v) is 4.61. The lowest BCUT2D eigenvalue weighted by molar-refractivity contribution is -0.114. The van der Waals surface area contributed by atoms with E-state index in [9.17, 15) is 22.4 Å². The van der Waals surface area contributed by atoms with E-state index in [0.717, 1.165) is 0 Å². The van der Waals surface area contributed by atoms with Gasteiger partial charge in [-0.1, -0.05) is 30.7 Å². The van der Waals surface area contributed by atoms with Crippen LogP contribution in [-0.4, -0.2) is 31.2 Å². The SMILES string of the molecule is CC[C@@H](C)N(Cc1cc(Cl)ccc1OS(=O)(=O)c1ccc(NC(C)=O)cc1)C(=O)c1ccccc1F. The summed E-state index contributed by atoms with van der Waals surface area (Å²) in [6.45, 7) is 4.98. The fourth-order valence-electron chi connectivity index (χ4n) is 3.45. The van der Waals surface area contributed by atoms with Gasteiger partial charge in [0.1, 0.15) is 16.5 Å². The maximum absolute atomic E-state index is 14.4. The van der Waals surface area contributed by atoms with Gasteiger partial charge >= 0.3 is 10.1 Å². The number of carbonyl (C=O) groups is 2. The second-order valence-corrected chi connectivity index (χ2v) is 10.1. The van der Waals surface area contributed by atoms with Crippen LogP contribution in [-0.2, 0) is 21.5 Å². The van der Waals surface area contributed by atoms with E-state index in [-0.39, 0.29) is 34.7 Å². The van der Waals surface area contributed by atoms with Crippen LogP contribution in [0.5, 0.6) is 5.75 Å². The molecule has 3 aromatic carbocycles. The predicted molar refractivity (Wildman–Crippen MR) is 136 cm³/mol. The van der Waals surface area contributed by atoms with Gasteiger partial charge in [-0.2, -0.15) is 8.42 Å². The average molecular weight is 533 g/mol. The molecule has 2 amide bonds. The summed E-state index contributed by atoms with van der Waals surface area (Å²) in [6.07, 6.45) is 0.579. The summed E-state index contributed by atoms with van der Waals surface area (Å²) >= 11 is 6.18. The van der Waals surface area contributed by atoms with Crippen LogP contribution in [0.4, 0.5) is 10.1 Å². The van der Waals surface area contributed by atoms with Crippen LogP contribution in [0.1, 0.15) is 43.1 Å². The van der Waals surface area contributed by atoms with Gasteiger partial charge in [-0.3, -0.25) is 9.59 Å². The molecule has 0 aliphatic rings. The topological polar surface area (TPSA) is 92.8 Å². The van der Waals surface area contributed by atoms with Crippen molar-refractivity contribution in [3.05, 3.63) is 88.7 Å². The fraction of sp³-hybridized carbons (Fsp3) is 0.231. The molecule has 0 radical (unpaired) electrons. The Morgan fingerprint density at radius 1 is 1.08 bits per heavy atom. The first-order valence-corrected chi connectivity index (χ1v) is 13.0. The molecule has 0 unspecified atom stereocenters. The third-order valence-corrected chi connectivity index (χ3v) is 7.00. The highest BCUT2D eigenvalue weighted by Gasteiger charge is 2.26. The number of anilines is 1. The number of rotatable bonds is 9. The number of benzene rings is 3. The van der Waals surface area contributed by atoms with E-state index in [1.165, 1.54) is 72.5 Å². The van der Waals surface area contributed by atoms with Crippen LogP contribution in [0.3, 0.4) is 0 Å². The summed E-state index contributed by atoms with van der Waals surface area (Å²) in [7, 11) is -4.25. The largest absolute Gasteiger partial charge is 0.379 e. The highest BCUT2D eigenvalue weighted by Crippen LogP contribution is 2.29. The van der Waals surface area contributed by atoms with Gasteiger partial charge in [0.05, 0.1) is 12.1 Å². The maximum atomic E-state index is 14.4. The molecule has 0 heterocycles. The zero-order chi connectivity index (χ0) is 26.5. The smallest absolute Gasteiger partial charge is 0.339 e. The molecule has 0 aliphatic carbocycles. The standard InChI is InChI=1S/C26H26ClFN2O5S/c1-4-17(2)30(26(32)23-7-5-6-8-24(23)28)16-19-15-20(27)9-14-25(19)35-36(33,34)22-12-10-21(11-13-22)29-18(3)31/h5-15,17H,4,16H2,1-3H3,(H,29,31)/t17-/m1/s1. The molecule has 0 saturated heterocycles. The number of hydrogen-bond donors (Lipinski definition) is 1. The van der Waals surface area contributed by atoms with Gasteiger partial charge in [0.15, 0.2) is 0 Å². The minimum Gasteiger partial charge on any atom is -0.379 e. The molecule has 1 atom stereocenters. The molecule has 0 aliphatic heterocycles. The zero-order valence-electron chi connectivity index (χ0n) is 20.0. The molecule has 0 fully saturated rings. The number of amides is 2. The molecular weight excluding hydrogens is 507 g/mol. The van der Waals surface area contributed by atoms with Gasteiger partial charge in [0.25, 0.3) is 5.91 Å². The minimum atomic E-state index is -4.25. The van der Waals surface area contributed by atoms with Crippen LogP contribution in [0, 0.1) is 5.82 Å².